The summed E-state index contributed by atoms with van der Waals surface area (Å²) in [6.45, 7) is 0.943. The van der Waals surface area contributed by atoms with Crippen LogP contribution in [0.3, 0.4) is 0 Å². The second kappa shape index (κ2) is 17.4. The van der Waals surface area contributed by atoms with Crippen molar-refractivity contribution in [2.24, 2.45) is 0 Å². The maximum atomic E-state index is 12.6. The van der Waals surface area contributed by atoms with Crippen LogP contribution in [0.4, 0.5) is 0 Å². The fraction of sp³-hybridized carbons (Fsp3) is 0.929. The van der Waals surface area contributed by atoms with Crippen molar-refractivity contribution in [3.8, 4) is 0 Å². The minimum absolute atomic E-state index is 0.700. The van der Waals surface area contributed by atoms with E-state index in [-0.39, 0.29) is 0 Å². The third-order valence-electron chi connectivity index (χ3n) is 8.97. The van der Waals surface area contributed by atoms with Gasteiger partial charge in [-0.05, 0) is 6.92 Å². The van der Waals surface area contributed by atoms with Crippen LogP contribution in [0.15, 0.2) is 0 Å². The van der Waals surface area contributed by atoms with Gasteiger partial charge in [-0.15, -0.1) is 0 Å². The van der Waals surface area contributed by atoms with Gasteiger partial charge in [0.2, 0.25) is 11.8 Å². The Balaban J connectivity index is 1.77. The van der Waals surface area contributed by atoms with Crippen LogP contribution in [0.1, 0.15) is 20.8 Å². The lowest BCUT2D eigenvalue weighted by atomic mass is 9.93. The molecule has 0 unspecified atom stereocenters. The molecule has 0 aromatic rings. The molecule has 50 heavy (non-hydrogen) atoms. The summed E-state index contributed by atoms with van der Waals surface area (Å²) < 4.78 is 40.3. The van der Waals surface area contributed by atoms with Crippen molar-refractivity contribution in [3.05, 3.63) is 0 Å². The van der Waals surface area contributed by atoms with Gasteiger partial charge in [-0.2, -0.15) is 0 Å². The average molecular weight is 733 g/mol. The molecule has 0 bridgehead atoms. The Kier molecular flexibility index (Phi) is 14.2. The van der Waals surface area contributed by atoms with Gasteiger partial charge in [0.1, 0.15) is 91.4 Å². The number of ether oxygens (including phenoxy) is 7. The van der Waals surface area contributed by atoms with Crippen LogP contribution < -0.4 is 10.6 Å². The Bertz CT molecular complexity index is 1130. The van der Waals surface area contributed by atoms with E-state index in [9.17, 15) is 65.8 Å². The van der Waals surface area contributed by atoms with E-state index in [1.165, 1.54) is 6.92 Å². The molecule has 13 N–H and O–H groups in total. The summed E-state index contributed by atoms with van der Waals surface area (Å²) in [5, 5.41) is 119. The highest BCUT2D eigenvalue weighted by Gasteiger charge is 2.56. The van der Waals surface area contributed by atoms with Crippen molar-refractivity contribution < 1.29 is 98.9 Å². The molecular weight excluding hydrogens is 684 g/mol. The highest BCUT2D eigenvalue weighted by atomic mass is 16.8. The maximum absolute atomic E-state index is 12.6. The predicted molar refractivity (Wildman–Crippen MR) is 156 cm³/mol. The zero-order valence-electron chi connectivity index (χ0n) is 27.3. The Labute approximate surface area is 285 Å². The van der Waals surface area contributed by atoms with Gasteiger partial charge in [0.05, 0.1) is 25.9 Å². The summed E-state index contributed by atoms with van der Waals surface area (Å²) in [6, 6.07) is -3.13. The van der Waals surface area contributed by atoms with E-state index < -0.39 is 154 Å². The lowest BCUT2D eigenvalue weighted by Gasteiger charge is -2.51. The van der Waals surface area contributed by atoms with E-state index in [1.807, 2.05) is 0 Å². The summed E-state index contributed by atoms with van der Waals surface area (Å²) in [5.74, 6) is -1.46. The topological polar surface area (TPSA) is 345 Å². The molecule has 2 amide bonds. The third kappa shape index (κ3) is 8.70. The first-order valence-electron chi connectivity index (χ1n) is 15.9. The minimum Gasteiger partial charge on any atom is -0.394 e. The molecule has 4 aliphatic rings. The number of amides is 2. The van der Waals surface area contributed by atoms with Crippen molar-refractivity contribution in [1.29, 1.82) is 0 Å². The van der Waals surface area contributed by atoms with E-state index in [1.54, 1.807) is 0 Å². The fourth-order valence-corrected chi connectivity index (χ4v) is 6.29. The van der Waals surface area contributed by atoms with E-state index >= 15 is 0 Å². The van der Waals surface area contributed by atoms with Crippen LogP contribution in [-0.2, 0) is 42.7 Å². The SMILES string of the molecule is CC(=O)N[C@H]1[C@H](O[C@H]2[C@H](O[C@@H]3O[C@@H](C)[C@@H](O)[C@@H](O)[C@@H]3O)[C@@H](NC(C)=O)[C@H](O[C@@H]3[C@@H](O)[C@@H](O)O[C@H](CO)[C@@H]3O)O[C@@H]2CO)O[C@H](CO)[C@H](O)[C@@H]1O. The molecule has 0 saturated carbocycles. The summed E-state index contributed by atoms with van der Waals surface area (Å²) in [6.07, 6.45) is -30.6. The van der Waals surface area contributed by atoms with E-state index in [4.69, 9.17) is 33.2 Å². The molecule has 0 radical (unpaired) electrons. The van der Waals surface area contributed by atoms with E-state index in [2.05, 4.69) is 10.6 Å². The van der Waals surface area contributed by atoms with Crippen LogP contribution in [0.2, 0.25) is 0 Å². The van der Waals surface area contributed by atoms with Crippen LogP contribution >= 0.6 is 0 Å². The zero-order valence-corrected chi connectivity index (χ0v) is 27.3. The van der Waals surface area contributed by atoms with Gasteiger partial charge in [0.15, 0.2) is 25.2 Å². The maximum Gasteiger partial charge on any atom is 0.217 e. The minimum atomic E-state index is -1.96. The molecule has 4 saturated heterocycles. The Morgan fingerprint density at radius 1 is 0.520 bits per heavy atom. The van der Waals surface area contributed by atoms with E-state index in [0.717, 1.165) is 13.8 Å². The van der Waals surface area contributed by atoms with Gasteiger partial charge in [-0.3, -0.25) is 9.59 Å². The van der Waals surface area contributed by atoms with Gasteiger partial charge in [-0.1, -0.05) is 0 Å². The molecule has 22 nitrogen and oxygen atoms in total. The van der Waals surface area contributed by atoms with Crippen LogP contribution in [-0.4, -0.2) is 211 Å². The molecule has 0 spiro atoms. The number of carbonyl (C=O) groups is 2. The lowest BCUT2D eigenvalue weighted by molar-refractivity contribution is -0.379. The van der Waals surface area contributed by atoms with Crippen LogP contribution in [0.5, 0.6) is 0 Å². The second-order valence-electron chi connectivity index (χ2n) is 12.6. The summed E-state index contributed by atoms with van der Waals surface area (Å²) in [5.41, 5.74) is 0. The molecule has 0 aromatic carbocycles. The number of nitrogens with one attached hydrogen (secondary N) is 2. The monoisotopic (exact) mass is 732 g/mol. The molecular formula is C28H48N2O20. The predicted octanol–water partition coefficient (Wildman–Crippen LogP) is -8.43. The van der Waals surface area contributed by atoms with Gasteiger partial charge >= 0.3 is 0 Å². The average Bonchev–Trinajstić information content (AvgIpc) is 3.07. The second-order valence-corrected chi connectivity index (χ2v) is 12.6. The molecule has 4 heterocycles. The normalized spacial score (nSPS) is 48.5. The van der Waals surface area contributed by atoms with Crippen molar-refractivity contribution >= 4 is 11.8 Å². The molecule has 290 valence electrons. The standard InChI is InChI=1S/C28H48N2O20/c1-7-15(36)19(40)20(41)28(44-7)49-23-14(30-9(3)35)27(50-24-17(38)11(5-32)45-25(43)21(24)42)47-12(6-33)22(23)48-26-13(29-8(2)34)18(39)16(37)10(4-31)46-26/h7,10-28,31-33,36-43H,4-6H2,1-3H3,(H,29,34)(H,30,35)/t7-,10+,11+,12+,13+,14+,15+,16-,17-,18+,19+,20-,21+,22+,23+,24-,25-,26-,27-,28-/m0/s1. The molecule has 20 atom stereocenters. The van der Waals surface area contributed by atoms with Gasteiger partial charge in [0.25, 0.3) is 0 Å². The molecule has 4 rings (SSSR count). The first-order valence-corrected chi connectivity index (χ1v) is 15.9. The van der Waals surface area contributed by atoms with Gasteiger partial charge in [-0.25, -0.2) is 0 Å². The molecule has 0 aromatic heterocycles. The van der Waals surface area contributed by atoms with Gasteiger partial charge in [0, 0.05) is 13.8 Å². The van der Waals surface area contributed by atoms with Crippen molar-refractivity contribution in [3.63, 3.8) is 0 Å². The highest BCUT2D eigenvalue weighted by molar-refractivity contribution is 5.73. The Morgan fingerprint density at radius 2 is 1.02 bits per heavy atom. The fourth-order valence-electron chi connectivity index (χ4n) is 6.29. The first-order chi connectivity index (χ1) is 23.5. The Hall–Kier alpha value is -1.78. The third-order valence-corrected chi connectivity index (χ3v) is 8.97. The molecule has 22 heteroatoms. The molecule has 0 aliphatic carbocycles. The van der Waals surface area contributed by atoms with Gasteiger partial charge < -0.3 is 100.0 Å². The quantitative estimate of drug-likeness (QED) is 0.0938. The first kappa shape index (κ1) is 41.0. The highest BCUT2D eigenvalue weighted by Crippen LogP contribution is 2.35. The molecule has 4 aliphatic heterocycles. The van der Waals surface area contributed by atoms with E-state index in [0.29, 0.717) is 0 Å². The van der Waals surface area contributed by atoms with Crippen LogP contribution in [0, 0.1) is 0 Å². The summed E-state index contributed by atoms with van der Waals surface area (Å²) in [4.78, 5) is 24.6. The number of rotatable bonds is 11. The Morgan fingerprint density at radius 3 is 1.60 bits per heavy atom. The number of hydrogen-bond acceptors (Lipinski definition) is 20. The lowest BCUT2D eigenvalue weighted by Crippen LogP contribution is -2.71. The zero-order chi connectivity index (χ0) is 37.2. The van der Waals surface area contributed by atoms with Crippen molar-refractivity contribution in [2.75, 3.05) is 19.8 Å². The smallest absolute Gasteiger partial charge is 0.217 e. The number of hydrogen-bond donors (Lipinski definition) is 13. The van der Waals surface area contributed by atoms with Crippen molar-refractivity contribution in [1.82, 2.24) is 10.6 Å². The van der Waals surface area contributed by atoms with Crippen LogP contribution in [0.25, 0.3) is 0 Å². The number of aliphatic hydroxyl groups excluding tert-OH is 11. The summed E-state index contributed by atoms with van der Waals surface area (Å²) >= 11 is 0. The largest absolute Gasteiger partial charge is 0.394 e. The number of aliphatic hydroxyl groups is 11. The molecule has 4 fully saturated rings. The van der Waals surface area contributed by atoms with Crippen molar-refractivity contribution in [2.45, 2.75) is 143 Å². The summed E-state index contributed by atoms with van der Waals surface area (Å²) in [7, 11) is 0. The number of carbonyl (C=O) groups excluding carboxylic acids is 2.